The molecule has 1 aliphatic rings. The molecule has 0 bridgehead atoms. The van der Waals surface area contributed by atoms with Gasteiger partial charge in [-0.25, -0.2) is 4.79 Å². The van der Waals surface area contributed by atoms with Crippen LogP contribution in [0, 0.1) is 0 Å². The number of hydrogen-bond donors (Lipinski definition) is 1. The first-order valence-electron chi connectivity index (χ1n) is 6.06. The highest BCUT2D eigenvalue weighted by molar-refractivity contribution is 5.73. The molecule has 1 unspecified atom stereocenters. The second-order valence-electron chi connectivity index (χ2n) is 4.70. The van der Waals surface area contributed by atoms with E-state index >= 15 is 0 Å². The van der Waals surface area contributed by atoms with E-state index in [1.54, 1.807) is 7.05 Å². The molecule has 0 radical (unpaired) electrons. The number of benzene rings is 1. The molecule has 17 heavy (non-hydrogen) atoms. The van der Waals surface area contributed by atoms with Crippen LogP contribution < -0.4 is 11.1 Å². The average Bonchev–Trinajstić information content (AvgIpc) is 2.66. The number of rotatable bonds is 1. The van der Waals surface area contributed by atoms with Crippen LogP contribution in [0.3, 0.4) is 0 Å². The van der Waals surface area contributed by atoms with E-state index in [1.165, 1.54) is 23.0 Å². The summed E-state index contributed by atoms with van der Waals surface area (Å²) in [5, 5.41) is 3.40. The molecule has 4 nitrogen and oxygen atoms in total. The zero-order valence-electron chi connectivity index (χ0n) is 9.90. The molecule has 2 aromatic rings. The third kappa shape index (κ3) is 1.78. The van der Waals surface area contributed by atoms with Gasteiger partial charge in [0.05, 0.1) is 5.52 Å². The Bertz CT molecular complexity index is 591. The van der Waals surface area contributed by atoms with E-state index < -0.39 is 0 Å². The lowest BCUT2D eigenvalue weighted by molar-refractivity contribution is 0.461. The third-order valence-electron chi connectivity index (χ3n) is 3.58. The molecule has 0 amide bonds. The smallest absolute Gasteiger partial charge is 0.408 e. The highest BCUT2D eigenvalue weighted by Gasteiger charge is 2.16. The van der Waals surface area contributed by atoms with Crippen molar-refractivity contribution in [3.63, 3.8) is 0 Å². The topological polar surface area (TPSA) is 47.2 Å². The summed E-state index contributed by atoms with van der Waals surface area (Å²) in [5.74, 6) is 0.248. The summed E-state index contributed by atoms with van der Waals surface area (Å²) >= 11 is 0. The number of hydrogen-bond acceptors (Lipinski definition) is 3. The van der Waals surface area contributed by atoms with Crippen LogP contribution in [0.4, 0.5) is 0 Å². The first kappa shape index (κ1) is 10.6. The van der Waals surface area contributed by atoms with E-state index in [4.69, 9.17) is 4.42 Å². The van der Waals surface area contributed by atoms with E-state index in [0.717, 1.165) is 18.6 Å². The van der Waals surface area contributed by atoms with E-state index in [9.17, 15) is 4.79 Å². The Kier molecular flexibility index (Phi) is 2.52. The predicted molar refractivity (Wildman–Crippen MR) is 66.3 cm³/mol. The maximum Gasteiger partial charge on any atom is 0.419 e. The number of nitrogens with one attached hydrogen (secondary N) is 1. The van der Waals surface area contributed by atoms with Crippen molar-refractivity contribution in [2.45, 2.75) is 18.8 Å². The molecule has 0 spiro atoms. The molecule has 1 aromatic heterocycles. The number of aromatic nitrogens is 1. The van der Waals surface area contributed by atoms with Gasteiger partial charge in [0, 0.05) is 13.6 Å². The fraction of sp³-hybridized carbons (Fsp3) is 0.462. The maximum atomic E-state index is 11.4. The number of nitrogens with zero attached hydrogens (tertiary/aromatic N) is 1. The summed E-state index contributed by atoms with van der Waals surface area (Å²) in [5.41, 5.74) is 2.82. The van der Waals surface area contributed by atoms with Crippen molar-refractivity contribution in [3.8, 4) is 0 Å². The van der Waals surface area contributed by atoms with Gasteiger partial charge in [-0.3, -0.25) is 4.57 Å². The van der Waals surface area contributed by atoms with Crippen molar-refractivity contribution in [1.82, 2.24) is 9.88 Å². The van der Waals surface area contributed by atoms with Gasteiger partial charge >= 0.3 is 5.76 Å². The molecule has 1 atom stereocenters. The summed E-state index contributed by atoms with van der Waals surface area (Å²) in [6.45, 7) is 2.13. The van der Waals surface area contributed by atoms with Crippen molar-refractivity contribution in [2.24, 2.45) is 7.05 Å². The Balaban J connectivity index is 2.04. The van der Waals surface area contributed by atoms with Crippen molar-refractivity contribution in [2.75, 3.05) is 13.1 Å². The minimum absolute atomic E-state index is 0.293. The Morgan fingerprint density at radius 1 is 1.47 bits per heavy atom. The van der Waals surface area contributed by atoms with Gasteiger partial charge < -0.3 is 9.73 Å². The van der Waals surface area contributed by atoms with Crippen LogP contribution >= 0.6 is 0 Å². The summed E-state index contributed by atoms with van der Waals surface area (Å²) in [4.78, 5) is 11.4. The lowest BCUT2D eigenvalue weighted by Gasteiger charge is -2.22. The first-order chi connectivity index (χ1) is 8.25. The van der Waals surface area contributed by atoms with Crippen LogP contribution in [0.1, 0.15) is 24.3 Å². The van der Waals surface area contributed by atoms with Gasteiger partial charge in [-0.05, 0) is 43.0 Å². The number of piperidine rings is 1. The number of oxazole rings is 1. The number of fused-ring (bicyclic) bond motifs is 1. The minimum atomic E-state index is -0.293. The normalized spacial score (nSPS) is 20.9. The van der Waals surface area contributed by atoms with Gasteiger partial charge in [0.2, 0.25) is 0 Å². The second kappa shape index (κ2) is 4.04. The van der Waals surface area contributed by atoms with Gasteiger partial charge in [0.1, 0.15) is 0 Å². The third-order valence-corrected chi connectivity index (χ3v) is 3.58. The molecule has 1 aromatic carbocycles. The fourth-order valence-corrected chi connectivity index (χ4v) is 2.54. The van der Waals surface area contributed by atoms with Crippen LogP contribution in [-0.2, 0) is 7.05 Å². The maximum absolute atomic E-state index is 11.4. The van der Waals surface area contributed by atoms with Gasteiger partial charge in [-0.2, -0.15) is 0 Å². The standard InChI is InChI=1S/C13H16N2O2/c1-15-11-5-4-9(7-12(11)17-13(15)16)10-3-2-6-14-8-10/h4-5,7,10,14H,2-3,6,8H2,1H3. The molecule has 0 saturated carbocycles. The van der Waals surface area contributed by atoms with E-state index in [2.05, 4.69) is 11.4 Å². The fourth-order valence-electron chi connectivity index (χ4n) is 2.54. The monoisotopic (exact) mass is 232 g/mol. The highest BCUT2D eigenvalue weighted by Crippen LogP contribution is 2.25. The molecule has 1 N–H and O–H groups in total. The SMILES string of the molecule is Cn1c(=O)oc2cc(C3CCCNC3)ccc21. The average molecular weight is 232 g/mol. The number of aryl methyl sites for hydroxylation is 1. The molecule has 2 heterocycles. The van der Waals surface area contributed by atoms with Crippen molar-refractivity contribution >= 4 is 11.1 Å². The predicted octanol–water partition coefficient (Wildman–Crippen LogP) is 1.60. The molecule has 90 valence electrons. The molecule has 1 fully saturated rings. The second-order valence-corrected chi connectivity index (χ2v) is 4.70. The van der Waals surface area contributed by atoms with Crippen molar-refractivity contribution < 1.29 is 4.42 Å². The van der Waals surface area contributed by atoms with Gasteiger partial charge in [0.25, 0.3) is 0 Å². The summed E-state index contributed by atoms with van der Waals surface area (Å²) in [6.07, 6.45) is 2.41. The summed E-state index contributed by atoms with van der Waals surface area (Å²) in [7, 11) is 1.73. The molecule has 1 aliphatic heterocycles. The van der Waals surface area contributed by atoms with E-state index in [0.29, 0.717) is 11.5 Å². The molecular formula is C13H16N2O2. The van der Waals surface area contributed by atoms with Crippen LogP contribution in [-0.4, -0.2) is 17.7 Å². The molecule has 4 heteroatoms. The zero-order chi connectivity index (χ0) is 11.8. The Morgan fingerprint density at radius 3 is 3.12 bits per heavy atom. The molecule has 1 saturated heterocycles. The van der Waals surface area contributed by atoms with Crippen molar-refractivity contribution in [3.05, 3.63) is 34.3 Å². The highest BCUT2D eigenvalue weighted by atomic mass is 16.4. The minimum Gasteiger partial charge on any atom is -0.408 e. The first-order valence-corrected chi connectivity index (χ1v) is 6.06. The van der Waals surface area contributed by atoms with Crippen LogP contribution in [0.25, 0.3) is 11.1 Å². The van der Waals surface area contributed by atoms with Gasteiger partial charge in [0.15, 0.2) is 5.58 Å². The summed E-state index contributed by atoms with van der Waals surface area (Å²) < 4.78 is 6.76. The van der Waals surface area contributed by atoms with Crippen LogP contribution in [0.5, 0.6) is 0 Å². The summed E-state index contributed by atoms with van der Waals surface area (Å²) in [6, 6.07) is 6.09. The van der Waals surface area contributed by atoms with E-state index in [1.807, 2.05) is 12.1 Å². The zero-order valence-corrected chi connectivity index (χ0v) is 9.90. The Morgan fingerprint density at radius 2 is 2.35 bits per heavy atom. The Labute approximate surface area is 99.2 Å². The van der Waals surface area contributed by atoms with Crippen molar-refractivity contribution in [1.29, 1.82) is 0 Å². The lowest BCUT2D eigenvalue weighted by Crippen LogP contribution is -2.28. The molecular weight excluding hydrogens is 216 g/mol. The quantitative estimate of drug-likeness (QED) is 0.812. The molecule has 3 rings (SSSR count). The Hall–Kier alpha value is -1.55. The van der Waals surface area contributed by atoms with Crippen LogP contribution in [0.2, 0.25) is 0 Å². The van der Waals surface area contributed by atoms with Gasteiger partial charge in [-0.15, -0.1) is 0 Å². The molecule has 0 aliphatic carbocycles. The van der Waals surface area contributed by atoms with Crippen LogP contribution in [0.15, 0.2) is 27.4 Å². The van der Waals surface area contributed by atoms with Gasteiger partial charge in [-0.1, -0.05) is 6.07 Å². The lowest BCUT2D eigenvalue weighted by atomic mass is 9.91. The largest absolute Gasteiger partial charge is 0.419 e. The van der Waals surface area contributed by atoms with E-state index in [-0.39, 0.29) is 5.76 Å².